The molecule has 0 radical (unpaired) electrons. The summed E-state index contributed by atoms with van der Waals surface area (Å²) in [5, 5.41) is 15.7. The lowest BCUT2D eigenvalue weighted by molar-refractivity contribution is 0.478. The Hall–Kier alpha value is -3.23. The number of hydrogen-bond donors (Lipinski definition) is 2. The van der Waals surface area contributed by atoms with Gasteiger partial charge in [-0.05, 0) is 25.0 Å². The summed E-state index contributed by atoms with van der Waals surface area (Å²) in [5.41, 5.74) is 1.22. The molecule has 0 saturated carbocycles. The third-order valence-corrected chi connectivity index (χ3v) is 4.81. The number of anilines is 1. The average Bonchev–Trinajstić information content (AvgIpc) is 3.29. The fourth-order valence-corrected chi connectivity index (χ4v) is 3.47. The molecule has 1 aliphatic rings. The molecule has 4 aromatic rings. The lowest BCUT2D eigenvalue weighted by Crippen LogP contribution is -2.35. The molecule has 5 heterocycles. The first-order valence-corrected chi connectivity index (χ1v) is 8.27. The van der Waals surface area contributed by atoms with Crippen LogP contribution in [0.15, 0.2) is 35.4 Å². The van der Waals surface area contributed by atoms with Crippen molar-refractivity contribution in [2.45, 2.75) is 18.8 Å². The van der Waals surface area contributed by atoms with Gasteiger partial charge in [-0.1, -0.05) is 6.07 Å². The lowest BCUT2D eigenvalue weighted by Gasteiger charge is -2.31. The van der Waals surface area contributed by atoms with Crippen molar-refractivity contribution in [1.29, 1.82) is 0 Å². The Morgan fingerprint density at radius 2 is 2.04 bits per heavy atom. The Morgan fingerprint density at radius 3 is 2.92 bits per heavy atom. The van der Waals surface area contributed by atoms with E-state index in [1.807, 2.05) is 24.4 Å². The van der Waals surface area contributed by atoms with Gasteiger partial charge >= 0.3 is 0 Å². The Kier molecular flexibility index (Phi) is 3.06. The van der Waals surface area contributed by atoms with Gasteiger partial charge in [0.15, 0.2) is 11.3 Å². The van der Waals surface area contributed by atoms with Gasteiger partial charge in [-0.2, -0.15) is 10.1 Å². The number of rotatable bonds is 2. The fourth-order valence-electron chi connectivity index (χ4n) is 3.47. The highest BCUT2D eigenvalue weighted by Crippen LogP contribution is 2.28. The normalized spacial score (nSPS) is 16.1. The number of pyridine rings is 1. The van der Waals surface area contributed by atoms with E-state index in [1.54, 1.807) is 0 Å². The smallest absolute Gasteiger partial charge is 0.263 e. The highest BCUT2D eigenvalue weighted by atomic mass is 16.1. The molecule has 0 aromatic carbocycles. The molecule has 4 aromatic heterocycles. The largest absolute Gasteiger partial charge is 0.342 e. The molecule has 0 amide bonds. The topological polar surface area (TPSA) is 108 Å². The summed E-state index contributed by atoms with van der Waals surface area (Å²) in [6, 6.07) is 5.91. The van der Waals surface area contributed by atoms with Crippen LogP contribution >= 0.6 is 0 Å². The van der Waals surface area contributed by atoms with Crippen LogP contribution < -0.4 is 10.5 Å². The van der Waals surface area contributed by atoms with Gasteiger partial charge in [0.05, 0.1) is 6.20 Å². The number of aromatic nitrogens is 7. The zero-order valence-corrected chi connectivity index (χ0v) is 13.4. The highest BCUT2D eigenvalue weighted by Gasteiger charge is 2.25. The van der Waals surface area contributed by atoms with Gasteiger partial charge in [-0.3, -0.25) is 19.3 Å². The van der Waals surface area contributed by atoms with Crippen LogP contribution in [0.1, 0.15) is 24.6 Å². The molecular formula is C16H16N8O. The zero-order valence-electron chi connectivity index (χ0n) is 13.4. The summed E-state index contributed by atoms with van der Waals surface area (Å²) < 4.78 is 2.05. The number of nitrogens with one attached hydrogen (secondary N) is 2. The van der Waals surface area contributed by atoms with E-state index in [1.165, 1.54) is 6.20 Å². The maximum absolute atomic E-state index is 12.1. The number of piperidine rings is 1. The predicted octanol–water partition coefficient (Wildman–Crippen LogP) is 1.07. The van der Waals surface area contributed by atoms with Crippen molar-refractivity contribution >= 4 is 22.6 Å². The third kappa shape index (κ3) is 2.27. The molecular weight excluding hydrogens is 320 g/mol. The van der Waals surface area contributed by atoms with Crippen LogP contribution in [0.3, 0.4) is 0 Å². The molecule has 1 aliphatic heterocycles. The maximum Gasteiger partial charge on any atom is 0.263 e. The second-order valence-corrected chi connectivity index (χ2v) is 6.27. The van der Waals surface area contributed by atoms with Crippen molar-refractivity contribution < 1.29 is 0 Å². The Bertz CT molecular complexity index is 1100. The highest BCUT2D eigenvalue weighted by molar-refractivity contribution is 5.73. The van der Waals surface area contributed by atoms with E-state index in [0.717, 1.165) is 37.4 Å². The molecule has 0 unspecified atom stereocenters. The molecule has 0 atom stereocenters. The molecule has 25 heavy (non-hydrogen) atoms. The first kappa shape index (κ1) is 14.1. The minimum Gasteiger partial charge on any atom is -0.342 e. The predicted molar refractivity (Wildman–Crippen MR) is 91.7 cm³/mol. The van der Waals surface area contributed by atoms with E-state index in [4.69, 9.17) is 0 Å². The monoisotopic (exact) mass is 336 g/mol. The SMILES string of the molecule is O=c1[nH]c(N2CCC(c3nnc4ccccn34)CC2)nc2[nH]ncc12. The van der Waals surface area contributed by atoms with Gasteiger partial charge in [-0.25, -0.2) is 0 Å². The summed E-state index contributed by atoms with van der Waals surface area (Å²) in [6.45, 7) is 1.60. The average molecular weight is 336 g/mol. The second-order valence-electron chi connectivity index (χ2n) is 6.27. The second kappa shape index (κ2) is 5.40. The van der Waals surface area contributed by atoms with Gasteiger partial charge in [0.2, 0.25) is 5.95 Å². The fraction of sp³-hybridized carbons (Fsp3) is 0.312. The van der Waals surface area contributed by atoms with E-state index < -0.39 is 0 Å². The Morgan fingerprint density at radius 1 is 1.16 bits per heavy atom. The quantitative estimate of drug-likeness (QED) is 0.567. The van der Waals surface area contributed by atoms with E-state index in [2.05, 4.69) is 39.7 Å². The molecule has 1 fully saturated rings. The van der Waals surface area contributed by atoms with Crippen LogP contribution in [0.25, 0.3) is 16.7 Å². The number of nitrogens with zero attached hydrogens (tertiary/aromatic N) is 6. The van der Waals surface area contributed by atoms with E-state index in [9.17, 15) is 4.79 Å². The molecule has 1 saturated heterocycles. The van der Waals surface area contributed by atoms with Gasteiger partial charge in [0.1, 0.15) is 11.2 Å². The molecule has 0 spiro atoms. The molecule has 9 heteroatoms. The van der Waals surface area contributed by atoms with Gasteiger partial charge < -0.3 is 4.90 Å². The first-order valence-electron chi connectivity index (χ1n) is 8.27. The maximum atomic E-state index is 12.1. The van der Waals surface area contributed by atoms with E-state index in [-0.39, 0.29) is 5.56 Å². The van der Waals surface area contributed by atoms with Crippen molar-refractivity contribution in [2.24, 2.45) is 0 Å². The minimum absolute atomic E-state index is 0.167. The summed E-state index contributed by atoms with van der Waals surface area (Å²) in [4.78, 5) is 21.5. The van der Waals surface area contributed by atoms with Crippen molar-refractivity contribution in [1.82, 2.24) is 34.8 Å². The molecule has 9 nitrogen and oxygen atoms in total. The van der Waals surface area contributed by atoms with E-state index >= 15 is 0 Å². The summed E-state index contributed by atoms with van der Waals surface area (Å²) in [6.07, 6.45) is 5.36. The summed E-state index contributed by atoms with van der Waals surface area (Å²) in [5.74, 6) is 1.93. The Balaban J connectivity index is 1.39. The van der Waals surface area contributed by atoms with Crippen LogP contribution in [0.4, 0.5) is 5.95 Å². The van der Waals surface area contributed by atoms with Crippen LogP contribution in [-0.2, 0) is 0 Å². The third-order valence-electron chi connectivity index (χ3n) is 4.81. The summed E-state index contributed by atoms with van der Waals surface area (Å²) in [7, 11) is 0. The van der Waals surface area contributed by atoms with Gasteiger partial charge in [0.25, 0.3) is 5.56 Å². The molecule has 2 N–H and O–H groups in total. The van der Waals surface area contributed by atoms with Crippen molar-refractivity contribution in [2.75, 3.05) is 18.0 Å². The van der Waals surface area contributed by atoms with Crippen molar-refractivity contribution in [3.8, 4) is 0 Å². The number of aromatic amines is 2. The van der Waals surface area contributed by atoms with Crippen LogP contribution in [0.5, 0.6) is 0 Å². The zero-order chi connectivity index (χ0) is 16.8. The van der Waals surface area contributed by atoms with Gasteiger partial charge in [0, 0.05) is 25.2 Å². The molecule has 0 bridgehead atoms. The summed E-state index contributed by atoms with van der Waals surface area (Å²) >= 11 is 0. The van der Waals surface area contributed by atoms with E-state index in [0.29, 0.717) is 22.9 Å². The van der Waals surface area contributed by atoms with Crippen LogP contribution in [0, 0.1) is 0 Å². The van der Waals surface area contributed by atoms with Crippen molar-refractivity contribution in [3.63, 3.8) is 0 Å². The number of H-pyrrole nitrogens is 2. The van der Waals surface area contributed by atoms with Crippen LogP contribution in [-0.4, -0.2) is 47.9 Å². The lowest BCUT2D eigenvalue weighted by atomic mass is 9.96. The minimum atomic E-state index is -0.167. The molecule has 126 valence electrons. The number of fused-ring (bicyclic) bond motifs is 2. The van der Waals surface area contributed by atoms with Gasteiger partial charge in [-0.15, -0.1) is 10.2 Å². The first-order chi connectivity index (χ1) is 12.3. The van der Waals surface area contributed by atoms with Crippen molar-refractivity contribution in [3.05, 3.63) is 46.8 Å². The molecule has 0 aliphatic carbocycles. The van der Waals surface area contributed by atoms with Crippen LogP contribution in [0.2, 0.25) is 0 Å². The number of hydrogen-bond acceptors (Lipinski definition) is 6. The standard InChI is InChI=1S/C16H16N8O/c25-15-11-9-17-21-13(11)18-16(19-15)23-7-4-10(5-8-23)14-22-20-12-3-1-2-6-24(12)14/h1-3,6,9-10H,4-5,7-8H2,(H2,17,18,19,21,25). The Labute approximate surface area is 141 Å². The molecule has 5 rings (SSSR count).